The number of carbonyl (C=O) groups is 1. The second-order valence-electron chi connectivity index (χ2n) is 6.81. The van der Waals surface area contributed by atoms with Crippen LogP contribution in [0, 0.1) is 0 Å². The summed E-state index contributed by atoms with van der Waals surface area (Å²) in [5.74, 6) is -0.201. The number of amides is 1. The molecule has 0 bridgehead atoms. The summed E-state index contributed by atoms with van der Waals surface area (Å²) in [4.78, 5) is 15.3. The lowest BCUT2D eigenvalue weighted by molar-refractivity contribution is -0.159. The molecule has 0 aliphatic heterocycles. The van der Waals surface area contributed by atoms with Crippen molar-refractivity contribution in [2.24, 2.45) is 0 Å². The first-order chi connectivity index (χ1) is 12.6. The molecule has 0 radical (unpaired) electrons. The van der Waals surface area contributed by atoms with Crippen LogP contribution in [0.5, 0.6) is 0 Å². The predicted octanol–water partition coefficient (Wildman–Crippen LogP) is 3.47. The fourth-order valence-corrected chi connectivity index (χ4v) is 4.01. The summed E-state index contributed by atoms with van der Waals surface area (Å²) < 4.78 is 1.85. The molecule has 4 rings (SSSR count). The molecule has 0 unspecified atom stereocenters. The molecule has 0 saturated heterocycles. The summed E-state index contributed by atoms with van der Waals surface area (Å²) in [7, 11) is 1.75. The van der Waals surface area contributed by atoms with Crippen LogP contribution in [0.3, 0.4) is 0 Å². The quantitative estimate of drug-likeness (QED) is 0.751. The molecule has 6 heteroatoms. The Morgan fingerprint density at radius 3 is 2.65 bits per heavy atom. The van der Waals surface area contributed by atoms with Crippen LogP contribution in [0.15, 0.2) is 54.0 Å². The van der Waals surface area contributed by atoms with Crippen molar-refractivity contribution in [1.29, 1.82) is 0 Å². The highest BCUT2D eigenvalue weighted by molar-refractivity contribution is 7.13. The van der Waals surface area contributed by atoms with Crippen LogP contribution in [0.1, 0.15) is 24.8 Å². The molecule has 134 valence electrons. The minimum absolute atomic E-state index is 0.201. The number of aliphatic hydroxyl groups is 1. The molecule has 1 fully saturated rings. The first kappa shape index (κ1) is 17.0. The number of nitrogens with zero attached hydrogens (tertiary/aromatic N) is 3. The van der Waals surface area contributed by atoms with Crippen LogP contribution in [0.2, 0.25) is 0 Å². The van der Waals surface area contributed by atoms with Crippen LogP contribution in [0.25, 0.3) is 16.3 Å². The van der Waals surface area contributed by atoms with E-state index in [0.717, 1.165) is 28.2 Å². The number of hydrogen-bond acceptors (Lipinski definition) is 4. The molecule has 1 saturated carbocycles. The molecule has 5 nitrogen and oxygen atoms in total. The van der Waals surface area contributed by atoms with E-state index in [1.807, 2.05) is 58.7 Å². The number of likely N-dealkylation sites (N-methyl/N-ethyl adjacent to an activating group) is 1. The van der Waals surface area contributed by atoms with E-state index in [2.05, 4.69) is 0 Å². The third-order valence-corrected chi connectivity index (χ3v) is 5.77. The van der Waals surface area contributed by atoms with Gasteiger partial charge in [0.25, 0.3) is 5.91 Å². The lowest BCUT2D eigenvalue weighted by atomic mass is 9.79. The summed E-state index contributed by atoms with van der Waals surface area (Å²) in [5, 5.41) is 17.1. The summed E-state index contributed by atoms with van der Waals surface area (Å²) in [6.07, 6.45) is 3.98. The maximum atomic E-state index is 12.6. The molecular weight excluding hydrogens is 346 g/mol. The average Bonchev–Trinajstić information content (AvgIpc) is 3.29. The second-order valence-corrected chi connectivity index (χ2v) is 7.75. The zero-order chi connectivity index (χ0) is 18.1. The molecule has 0 atom stereocenters. The normalized spacial score (nSPS) is 15.5. The number of aromatic nitrogens is 2. The van der Waals surface area contributed by atoms with Crippen molar-refractivity contribution in [3.63, 3.8) is 0 Å². The lowest BCUT2D eigenvalue weighted by Gasteiger charge is -2.37. The Morgan fingerprint density at radius 1 is 1.27 bits per heavy atom. The van der Waals surface area contributed by atoms with Gasteiger partial charge in [-0.3, -0.25) is 4.79 Å². The highest BCUT2D eigenvalue weighted by Crippen LogP contribution is 2.34. The number of hydrogen-bond donors (Lipinski definition) is 1. The van der Waals surface area contributed by atoms with Crippen molar-refractivity contribution in [3.05, 3.63) is 59.6 Å². The average molecular weight is 367 g/mol. The van der Waals surface area contributed by atoms with E-state index in [9.17, 15) is 9.90 Å². The van der Waals surface area contributed by atoms with E-state index < -0.39 is 5.60 Å². The molecule has 1 amide bonds. The van der Waals surface area contributed by atoms with Crippen LogP contribution in [0.4, 0.5) is 0 Å². The van der Waals surface area contributed by atoms with Crippen LogP contribution in [-0.4, -0.2) is 38.3 Å². The molecule has 1 aliphatic carbocycles. The fourth-order valence-electron chi connectivity index (χ4n) is 3.27. The molecule has 3 aromatic rings. The van der Waals surface area contributed by atoms with Crippen LogP contribution < -0.4 is 0 Å². The minimum atomic E-state index is -1.17. The number of thiophene rings is 1. The van der Waals surface area contributed by atoms with E-state index in [1.165, 1.54) is 0 Å². The van der Waals surface area contributed by atoms with Gasteiger partial charge in [-0.25, -0.2) is 4.68 Å². The monoisotopic (exact) mass is 367 g/mol. The first-order valence-corrected chi connectivity index (χ1v) is 9.61. The summed E-state index contributed by atoms with van der Waals surface area (Å²) in [6, 6.07) is 14.0. The summed E-state index contributed by atoms with van der Waals surface area (Å²) >= 11 is 1.63. The van der Waals surface area contributed by atoms with Gasteiger partial charge in [-0.1, -0.05) is 24.3 Å². The Kier molecular flexibility index (Phi) is 4.38. The van der Waals surface area contributed by atoms with Gasteiger partial charge in [-0.05, 0) is 42.8 Å². The maximum Gasteiger partial charge on any atom is 0.254 e. The fraction of sp³-hybridized carbons (Fsp3) is 0.300. The summed E-state index contributed by atoms with van der Waals surface area (Å²) in [5.41, 5.74) is 1.65. The van der Waals surface area contributed by atoms with E-state index in [0.29, 0.717) is 19.4 Å². The van der Waals surface area contributed by atoms with Gasteiger partial charge in [0.05, 0.1) is 10.6 Å². The van der Waals surface area contributed by atoms with Crippen LogP contribution >= 0.6 is 11.3 Å². The van der Waals surface area contributed by atoms with Crippen molar-refractivity contribution < 1.29 is 9.90 Å². The van der Waals surface area contributed by atoms with E-state index in [-0.39, 0.29) is 5.91 Å². The van der Waals surface area contributed by atoms with E-state index in [1.54, 1.807) is 23.3 Å². The minimum Gasteiger partial charge on any atom is -0.380 e. The predicted molar refractivity (Wildman–Crippen MR) is 102 cm³/mol. The highest BCUT2D eigenvalue weighted by Gasteiger charge is 2.43. The third kappa shape index (κ3) is 3.06. The zero-order valence-electron chi connectivity index (χ0n) is 14.6. The third-order valence-electron chi connectivity index (χ3n) is 4.90. The topological polar surface area (TPSA) is 58.4 Å². The van der Waals surface area contributed by atoms with Crippen molar-refractivity contribution in [2.45, 2.75) is 31.4 Å². The first-order valence-electron chi connectivity index (χ1n) is 8.73. The van der Waals surface area contributed by atoms with E-state index in [4.69, 9.17) is 5.10 Å². The zero-order valence-corrected chi connectivity index (χ0v) is 15.4. The van der Waals surface area contributed by atoms with Gasteiger partial charge in [-0.2, -0.15) is 5.10 Å². The van der Waals surface area contributed by atoms with Crippen molar-refractivity contribution >= 4 is 17.2 Å². The van der Waals surface area contributed by atoms with Gasteiger partial charge in [0, 0.05) is 25.4 Å². The second kappa shape index (κ2) is 6.70. The Morgan fingerprint density at radius 2 is 2.04 bits per heavy atom. The number of para-hydroxylation sites is 1. The lowest BCUT2D eigenvalue weighted by Crippen LogP contribution is -2.51. The Balaban J connectivity index is 1.66. The molecule has 0 spiro atoms. The Labute approximate surface area is 156 Å². The highest BCUT2D eigenvalue weighted by atomic mass is 32.1. The maximum absolute atomic E-state index is 12.6. The number of carbonyl (C=O) groups excluding carboxylic acids is 1. The largest absolute Gasteiger partial charge is 0.380 e. The van der Waals surface area contributed by atoms with Crippen molar-refractivity contribution in [1.82, 2.24) is 14.7 Å². The molecule has 26 heavy (non-hydrogen) atoms. The van der Waals surface area contributed by atoms with Gasteiger partial charge >= 0.3 is 0 Å². The smallest absolute Gasteiger partial charge is 0.254 e. The number of benzene rings is 1. The molecule has 1 aliphatic rings. The van der Waals surface area contributed by atoms with Gasteiger partial charge in [0.1, 0.15) is 11.3 Å². The van der Waals surface area contributed by atoms with Crippen molar-refractivity contribution in [2.75, 3.05) is 7.05 Å². The van der Waals surface area contributed by atoms with Gasteiger partial charge in [0.15, 0.2) is 0 Å². The van der Waals surface area contributed by atoms with Crippen LogP contribution in [-0.2, 0) is 11.3 Å². The number of rotatable bonds is 5. The molecule has 2 heterocycles. The molecule has 1 aromatic carbocycles. The SMILES string of the molecule is CN(Cc1cn(-c2ccccc2)nc1-c1cccs1)C(=O)C1(O)CCC1. The van der Waals surface area contributed by atoms with Gasteiger partial charge < -0.3 is 10.0 Å². The summed E-state index contributed by atoms with van der Waals surface area (Å²) in [6.45, 7) is 0.418. The molecule has 2 aromatic heterocycles. The standard InChI is InChI=1S/C20H21N3O2S/c1-22(19(24)20(25)10-6-11-20)13-15-14-23(16-7-3-2-4-8-16)21-18(15)17-9-5-12-26-17/h2-5,7-9,12,14,25H,6,10-11,13H2,1H3. The van der Waals surface area contributed by atoms with Gasteiger partial charge in [0.2, 0.25) is 0 Å². The van der Waals surface area contributed by atoms with Gasteiger partial charge in [-0.15, -0.1) is 11.3 Å². The Bertz CT molecular complexity index is 899. The van der Waals surface area contributed by atoms with Crippen molar-refractivity contribution in [3.8, 4) is 16.3 Å². The van der Waals surface area contributed by atoms with E-state index >= 15 is 0 Å². The Hall–Kier alpha value is -2.44. The molecular formula is C20H21N3O2S. The molecule has 1 N–H and O–H groups in total.